The van der Waals surface area contributed by atoms with Crippen molar-refractivity contribution in [3.05, 3.63) is 23.2 Å². The van der Waals surface area contributed by atoms with Crippen molar-refractivity contribution in [2.45, 2.75) is 17.6 Å². The molecule has 0 aliphatic carbocycles. The molecule has 0 fully saturated rings. The predicted molar refractivity (Wildman–Crippen MR) is 92.5 cm³/mol. The maximum absolute atomic E-state index is 11.3. The third-order valence-electron chi connectivity index (χ3n) is 3.90. The highest BCUT2D eigenvalue weighted by Gasteiger charge is 2.58. The summed E-state index contributed by atoms with van der Waals surface area (Å²) in [6.45, 7) is 0.236. The number of ether oxygens (including phenoxy) is 2. The minimum atomic E-state index is -5.46. The van der Waals surface area contributed by atoms with Gasteiger partial charge >= 0.3 is 15.2 Å². The Balaban J connectivity index is 1.97. The topological polar surface area (TPSA) is 157 Å². The van der Waals surface area contributed by atoms with Crippen LogP contribution < -0.4 is 9.47 Å². The third kappa shape index (κ3) is 4.78. The van der Waals surface area contributed by atoms with E-state index in [4.69, 9.17) is 40.6 Å². The maximum Gasteiger partial charge on any atom is 0.369 e. The first-order valence-electron chi connectivity index (χ1n) is 7.45. The van der Waals surface area contributed by atoms with Crippen LogP contribution in [0.4, 0.5) is 0 Å². The van der Waals surface area contributed by atoms with E-state index in [0.29, 0.717) is 16.5 Å². The van der Waals surface area contributed by atoms with Gasteiger partial charge in [-0.1, -0.05) is 11.6 Å². The lowest BCUT2D eigenvalue weighted by Crippen LogP contribution is -2.41. The molecule has 0 saturated carbocycles. The van der Waals surface area contributed by atoms with Crippen LogP contribution in [0.2, 0.25) is 5.02 Å². The molecular formula is C13H20ClNO9P2. The fourth-order valence-electron chi connectivity index (χ4n) is 2.42. The van der Waals surface area contributed by atoms with E-state index in [1.165, 1.54) is 4.90 Å². The average molecular weight is 432 g/mol. The summed E-state index contributed by atoms with van der Waals surface area (Å²) in [6, 6.07) is 4.89. The normalized spacial score (nSPS) is 18.2. The molecule has 1 aromatic carbocycles. The lowest BCUT2D eigenvalue weighted by atomic mass is 10.2. The van der Waals surface area contributed by atoms with Crippen LogP contribution in [0.15, 0.2) is 18.2 Å². The number of likely N-dealkylation sites (N-methyl/N-ethyl adjacent to an activating group) is 1. The standard InChI is InChI=1S/C13H20ClNO9P2/c1-15(5-4-13(16,25(17,18)19)26(20,21)22)7-10-8-23-12-6-9(14)2-3-11(12)24-10/h2-3,6,10,16H,4-5,7-8H2,1H3,(H2,17,18,19)(H2,20,21,22). The van der Waals surface area contributed by atoms with Gasteiger partial charge in [-0.3, -0.25) is 9.13 Å². The summed E-state index contributed by atoms with van der Waals surface area (Å²) in [6.07, 6.45) is -1.25. The number of hydrogen-bond donors (Lipinski definition) is 5. The molecule has 10 nitrogen and oxygen atoms in total. The Morgan fingerprint density at radius 3 is 2.42 bits per heavy atom. The molecule has 1 aromatic rings. The highest BCUT2D eigenvalue weighted by atomic mass is 35.5. The van der Waals surface area contributed by atoms with E-state index in [1.807, 2.05) is 0 Å². The number of aliphatic hydroxyl groups is 1. The molecule has 26 heavy (non-hydrogen) atoms. The van der Waals surface area contributed by atoms with Crippen molar-refractivity contribution < 1.29 is 43.3 Å². The Morgan fingerprint density at radius 1 is 1.23 bits per heavy atom. The summed E-state index contributed by atoms with van der Waals surface area (Å²) in [4.78, 5) is 38.1. The van der Waals surface area contributed by atoms with E-state index in [2.05, 4.69) is 0 Å². The van der Waals surface area contributed by atoms with Gasteiger partial charge in [0, 0.05) is 30.6 Å². The van der Waals surface area contributed by atoms with Crippen molar-refractivity contribution in [2.24, 2.45) is 0 Å². The van der Waals surface area contributed by atoms with Crippen LogP contribution >= 0.6 is 26.8 Å². The molecule has 1 aliphatic heterocycles. The number of benzene rings is 1. The summed E-state index contributed by atoms with van der Waals surface area (Å²) >= 11 is 5.86. The molecule has 1 unspecified atom stereocenters. The largest absolute Gasteiger partial charge is 0.486 e. The Bertz CT molecular complexity index is 727. The van der Waals surface area contributed by atoms with Gasteiger partial charge in [0.15, 0.2) is 11.5 Å². The first-order valence-corrected chi connectivity index (χ1v) is 11.0. The van der Waals surface area contributed by atoms with Gasteiger partial charge in [-0.15, -0.1) is 0 Å². The van der Waals surface area contributed by atoms with E-state index in [1.54, 1.807) is 25.2 Å². The predicted octanol–water partition coefficient (Wildman–Crippen LogP) is 0.803. The Kier molecular flexibility index (Phi) is 6.45. The minimum absolute atomic E-state index is 0.193. The smallest absolute Gasteiger partial charge is 0.369 e. The summed E-state index contributed by atoms with van der Waals surface area (Å²) in [5, 5.41) is 6.94. The maximum atomic E-state index is 11.3. The molecule has 1 heterocycles. The van der Waals surface area contributed by atoms with E-state index >= 15 is 0 Å². The molecule has 0 radical (unpaired) electrons. The molecule has 0 saturated heterocycles. The second-order valence-electron chi connectivity index (χ2n) is 6.02. The van der Waals surface area contributed by atoms with Crippen molar-refractivity contribution >= 4 is 26.8 Å². The van der Waals surface area contributed by atoms with Gasteiger partial charge in [-0.05, 0) is 19.2 Å². The first-order chi connectivity index (χ1) is 11.8. The number of nitrogens with zero attached hydrogens (tertiary/aromatic N) is 1. The van der Waals surface area contributed by atoms with Gasteiger partial charge in [0.1, 0.15) is 12.7 Å². The van der Waals surface area contributed by atoms with E-state index in [-0.39, 0.29) is 19.7 Å². The van der Waals surface area contributed by atoms with Crippen molar-refractivity contribution in [1.82, 2.24) is 4.90 Å². The molecule has 1 atom stereocenters. The van der Waals surface area contributed by atoms with Crippen LogP contribution in [0.1, 0.15) is 6.42 Å². The molecule has 0 aromatic heterocycles. The van der Waals surface area contributed by atoms with Gasteiger partial charge in [0.25, 0.3) is 5.08 Å². The van der Waals surface area contributed by atoms with Crippen LogP contribution in [0.25, 0.3) is 0 Å². The first kappa shape index (κ1) is 21.6. The van der Waals surface area contributed by atoms with Gasteiger partial charge in [0.05, 0.1) is 0 Å². The lowest BCUT2D eigenvalue weighted by Gasteiger charge is -2.33. The van der Waals surface area contributed by atoms with Gasteiger partial charge in [-0.25, -0.2) is 0 Å². The zero-order valence-corrected chi connectivity index (χ0v) is 16.3. The number of halogens is 1. The van der Waals surface area contributed by atoms with Crippen molar-refractivity contribution in [3.63, 3.8) is 0 Å². The zero-order chi connectivity index (χ0) is 19.8. The molecule has 148 valence electrons. The van der Waals surface area contributed by atoms with Crippen LogP contribution in [-0.4, -0.2) is 67.5 Å². The van der Waals surface area contributed by atoms with Crippen LogP contribution in [0, 0.1) is 0 Å². The number of fused-ring (bicyclic) bond motifs is 1. The van der Waals surface area contributed by atoms with Gasteiger partial charge in [-0.2, -0.15) is 0 Å². The second-order valence-corrected chi connectivity index (χ2v) is 10.5. The van der Waals surface area contributed by atoms with Crippen molar-refractivity contribution in [2.75, 3.05) is 26.7 Å². The third-order valence-corrected chi connectivity index (χ3v) is 8.01. The van der Waals surface area contributed by atoms with Crippen LogP contribution in [0.5, 0.6) is 11.5 Å². The Morgan fingerprint density at radius 2 is 1.85 bits per heavy atom. The number of hydrogen-bond acceptors (Lipinski definition) is 6. The monoisotopic (exact) mass is 431 g/mol. The Labute approximate surface area is 154 Å². The van der Waals surface area contributed by atoms with Gasteiger partial charge < -0.3 is 39.1 Å². The molecular weight excluding hydrogens is 412 g/mol. The summed E-state index contributed by atoms with van der Waals surface area (Å²) in [5.74, 6) is 0.981. The van der Waals surface area contributed by atoms with Crippen molar-refractivity contribution in [3.8, 4) is 11.5 Å². The van der Waals surface area contributed by atoms with E-state index in [9.17, 15) is 14.2 Å². The quantitative estimate of drug-likeness (QED) is 0.391. The second kappa shape index (κ2) is 7.75. The Hall–Kier alpha value is -0.670. The molecule has 2 rings (SSSR count). The highest BCUT2D eigenvalue weighted by molar-refractivity contribution is 7.72. The zero-order valence-electron chi connectivity index (χ0n) is 13.7. The summed E-state index contributed by atoms with van der Waals surface area (Å²) in [7, 11) is -9.36. The SMILES string of the molecule is CN(CCC(O)(P(=O)(O)O)P(=O)(O)O)CC1COc2cc(Cl)ccc2O1. The van der Waals surface area contributed by atoms with E-state index < -0.39 is 32.8 Å². The molecule has 13 heteroatoms. The van der Waals surface area contributed by atoms with Crippen LogP contribution in [0.3, 0.4) is 0 Å². The number of rotatable bonds is 7. The molecule has 0 spiro atoms. The van der Waals surface area contributed by atoms with Crippen LogP contribution in [-0.2, 0) is 9.13 Å². The average Bonchev–Trinajstić information content (AvgIpc) is 2.50. The molecule has 1 aliphatic rings. The molecule has 0 bridgehead atoms. The lowest BCUT2D eigenvalue weighted by molar-refractivity contribution is 0.0582. The van der Waals surface area contributed by atoms with E-state index in [0.717, 1.165) is 0 Å². The van der Waals surface area contributed by atoms with Gasteiger partial charge in [0.2, 0.25) is 0 Å². The fraction of sp³-hybridized carbons (Fsp3) is 0.538. The highest BCUT2D eigenvalue weighted by Crippen LogP contribution is 2.68. The fourth-order valence-corrected chi connectivity index (χ4v) is 4.72. The summed E-state index contributed by atoms with van der Waals surface area (Å²) in [5.41, 5.74) is 0. The summed E-state index contributed by atoms with van der Waals surface area (Å²) < 4.78 is 34.0. The minimum Gasteiger partial charge on any atom is -0.486 e. The van der Waals surface area contributed by atoms with Crippen molar-refractivity contribution in [1.29, 1.82) is 0 Å². The molecule has 5 N–H and O–H groups in total. The molecule has 0 amide bonds.